The number of anilines is 1. The van der Waals surface area contributed by atoms with Crippen LogP contribution in [0, 0.1) is 5.82 Å². The second-order valence-electron chi connectivity index (χ2n) is 5.79. The van der Waals surface area contributed by atoms with Crippen molar-refractivity contribution in [3.8, 4) is 0 Å². The van der Waals surface area contributed by atoms with Crippen LogP contribution >= 0.6 is 0 Å². The first-order valence-corrected chi connectivity index (χ1v) is 9.59. The summed E-state index contributed by atoms with van der Waals surface area (Å²) in [7, 11) is -3.99. The van der Waals surface area contributed by atoms with Crippen LogP contribution in [0.1, 0.15) is 18.9 Å². The van der Waals surface area contributed by atoms with Crippen LogP contribution < -0.4 is 10.0 Å². The fourth-order valence-electron chi connectivity index (χ4n) is 2.30. The lowest BCUT2D eigenvalue weighted by atomic mass is 10.1. The van der Waals surface area contributed by atoms with E-state index in [-0.39, 0.29) is 17.7 Å². The summed E-state index contributed by atoms with van der Waals surface area (Å²) < 4.78 is 40.0. The Balaban J connectivity index is 2.06. The quantitative estimate of drug-likeness (QED) is 0.635. The molecule has 2 rings (SSSR count). The maximum atomic E-state index is 13.0. The molecule has 0 aliphatic heterocycles. The van der Waals surface area contributed by atoms with Crippen LogP contribution in [-0.4, -0.2) is 31.4 Å². The highest BCUT2D eigenvalue weighted by molar-refractivity contribution is 7.89. The first-order chi connectivity index (χ1) is 12.7. The molecule has 1 amide bonds. The summed E-state index contributed by atoms with van der Waals surface area (Å²) in [6.07, 6.45) is 0.0621. The number of halogens is 1. The van der Waals surface area contributed by atoms with Gasteiger partial charge in [0.25, 0.3) is 0 Å². The highest BCUT2D eigenvalue weighted by Gasteiger charge is 2.24. The van der Waals surface area contributed by atoms with Crippen molar-refractivity contribution >= 4 is 27.6 Å². The summed E-state index contributed by atoms with van der Waals surface area (Å²) in [5.41, 5.74) is 0.984. The van der Waals surface area contributed by atoms with E-state index in [1.807, 2.05) is 0 Å². The normalized spacial score (nSPS) is 12.4. The van der Waals surface area contributed by atoms with E-state index in [0.717, 1.165) is 24.3 Å². The summed E-state index contributed by atoms with van der Waals surface area (Å²) in [5.74, 6) is -2.09. The average Bonchev–Trinajstić information content (AvgIpc) is 2.61. The second-order valence-corrected chi connectivity index (χ2v) is 7.51. The Morgan fingerprint density at radius 3 is 2.19 bits per heavy atom. The number of carbonyl (C=O) groups excluding carboxylic acids is 1. The van der Waals surface area contributed by atoms with Gasteiger partial charge in [-0.3, -0.25) is 9.59 Å². The van der Waals surface area contributed by atoms with Gasteiger partial charge in [-0.25, -0.2) is 12.8 Å². The summed E-state index contributed by atoms with van der Waals surface area (Å²) in [5, 5.41) is 11.3. The predicted octanol–water partition coefficient (Wildman–Crippen LogP) is 2.15. The van der Waals surface area contributed by atoms with Crippen LogP contribution in [0.25, 0.3) is 0 Å². The van der Waals surface area contributed by atoms with Crippen molar-refractivity contribution in [2.75, 3.05) is 5.32 Å². The molecule has 2 aromatic rings. The van der Waals surface area contributed by atoms with E-state index in [1.165, 1.54) is 12.1 Å². The Morgan fingerprint density at radius 1 is 1.07 bits per heavy atom. The van der Waals surface area contributed by atoms with E-state index in [9.17, 15) is 22.4 Å². The molecule has 0 aliphatic rings. The first kappa shape index (κ1) is 20.5. The van der Waals surface area contributed by atoms with E-state index in [4.69, 9.17) is 5.11 Å². The van der Waals surface area contributed by atoms with Gasteiger partial charge in [-0.2, -0.15) is 4.72 Å². The van der Waals surface area contributed by atoms with Crippen LogP contribution in [0.4, 0.5) is 10.1 Å². The predicted molar refractivity (Wildman–Crippen MR) is 97.2 cm³/mol. The van der Waals surface area contributed by atoms with E-state index >= 15 is 0 Å². The van der Waals surface area contributed by atoms with E-state index in [2.05, 4.69) is 10.0 Å². The topological polar surface area (TPSA) is 113 Å². The largest absolute Gasteiger partial charge is 0.481 e. The lowest BCUT2D eigenvalue weighted by molar-refractivity contribution is -0.136. The molecule has 7 nitrogen and oxygen atoms in total. The van der Waals surface area contributed by atoms with Gasteiger partial charge < -0.3 is 10.4 Å². The third-order valence-electron chi connectivity index (χ3n) is 3.72. The maximum absolute atomic E-state index is 13.0. The van der Waals surface area contributed by atoms with Gasteiger partial charge in [-0.15, -0.1) is 0 Å². The molecule has 2 aromatic carbocycles. The molecule has 0 aliphatic carbocycles. The third-order valence-corrected chi connectivity index (χ3v) is 5.21. The van der Waals surface area contributed by atoms with Crippen molar-refractivity contribution < 1.29 is 27.5 Å². The summed E-state index contributed by atoms with van der Waals surface area (Å²) in [6, 6.07) is 9.45. The van der Waals surface area contributed by atoms with Crippen LogP contribution in [0.15, 0.2) is 53.4 Å². The fraction of sp³-hybridized carbons (Fsp3) is 0.222. The molecule has 0 fully saturated rings. The Labute approximate surface area is 156 Å². The minimum Gasteiger partial charge on any atom is -0.481 e. The third kappa shape index (κ3) is 5.87. The zero-order chi connectivity index (χ0) is 20.0. The number of hydrogen-bond acceptors (Lipinski definition) is 4. The molecule has 3 N–H and O–H groups in total. The molecule has 0 spiro atoms. The molecule has 0 radical (unpaired) electrons. The highest BCUT2D eigenvalue weighted by Crippen LogP contribution is 2.14. The second kappa shape index (κ2) is 8.74. The number of carboxylic acids is 1. The van der Waals surface area contributed by atoms with E-state index in [1.54, 1.807) is 19.1 Å². The van der Waals surface area contributed by atoms with Crippen LogP contribution in [-0.2, 0) is 26.0 Å². The minimum absolute atomic E-state index is 0.136. The molecule has 27 heavy (non-hydrogen) atoms. The minimum atomic E-state index is -3.99. The van der Waals surface area contributed by atoms with Gasteiger partial charge in [0, 0.05) is 5.69 Å². The molecule has 1 unspecified atom stereocenters. The molecule has 0 saturated carbocycles. The van der Waals surface area contributed by atoms with Crippen molar-refractivity contribution in [1.82, 2.24) is 4.72 Å². The SMILES string of the molecule is CCC(NS(=O)(=O)c1ccc(F)cc1)C(=O)Nc1ccc(CC(=O)O)cc1. The maximum Gasteiger partial charge on any atom is 0.307 e. The van der Waals surface area contributed by atoms with Gasteiger partial charge in [0.2, 0.25) is 15.9 Å². The summed E-state index contributed by atoms with van der Waals surface area (Å²) >= 11 is 0. The average molecular weight is 394 g/mol. The van der Waals surface area contributed by atoms with Gasteiger partial charge in [0.15, 0.2) is 0 Å². The molecule has 0 bridgehead atoms. The zero-order valence-electron chi connectivity index (χ0n) is 14.5. The molecule has 0 saturated heterocycles. The van der Waals surface area contributed by atoms with Crippen molar-refractivity contribution in [2.45, 2.75) is 30.7 Å². The van der Waals surface area contributed by atoms with Crippen molar-refractivity contribution in [2.24, 2.45) is 0 Å². The lowest BCUT2D eigenvalue weighted by Crippen LogP contribution is -2.43. The van der Waals surface area contributed by atoms with Crippen LogP contribution in [0.2, 0.25) is 0 Å². The Bertz CT molecular complexity index is 912. The number of aliphatic carboxylic acids is 1. The van der Waals surface area contributed by atoms with Gasteiger partial charge in [0.05, 0.1) is 11.3 Å². The standard InChI is InChI=1S/C18H19FN2O5S/c1-2-16(21-27(25,26)15-9-5-13(19)6-10-15)18(24)20-14-7-3-12(4-8-14)11-17(22)23/h3-10,16,21H,2,11H2,1H3,(H,20,24)(H,22,23). The number of carboxylic acid groups (broad SMARTS) is 1. The van der Waals surface area contributed by atoms with Crippen molar-refractivity contribution in [3.63, 3.8) is 0 Å². The van der Waals surface area contributed by atoms with Gasteiger partial charge in [0.1, 0.15) is 11.9 Å². The van der Waals surface area contributed by atoms with Gasteiger partial charge >= 0.3 is 5.97 Å². The molecule has 1 atom stereocenters. The smallest absolute Gasteiger partial charge is 0.307 e. The summed E-state index contributed by atoms with van der Waals surface area (Å²) in [6.45, 7) is 1.65. The van der Waals surface area contributed by atoms with Crippen molar-refractivity contribution in [3.05, 3.63) is 59.9 Å². The van der Waals surface area contributed by atoms with Gasteiger partial charge in [-0.1, -0.05) is 19.1 Å². The Kier molecular flexibility index (Phi) is 6.65. The highest BCUT2D eigenvalue weighted by atomic mass is 32.2. The Hall–Kier alpha value is -2.78. The van der Waals surface area contributed by atoms with E-state index in [0.29, 0.717) is 11.3 Å². The van der Waals surface area contributed by atoms with E-state index < -0.39 is 33.8 Å². The number of rotatable bonds is 8. The van der Waals surface area contributed by atoms with Crippen LogP contribution in [0.5, 0.6) is 0 Å². The molecule has 9 heteroatoms. The molecular formula is C18H19FN2O5S. The monoisotopic (exact) mass is 394 g/mol. The Morgan fingerprint density at radius 2 is 1.67 bits per heavy atom. The molecular weight excluding hydrogens is 375 g/mol. The first-order valence-electron chi connectivity index (χ1n) is 8.10. The number of carbonyl (C=O) groups is 2. The number of benzene rings is 2. The number of hydrogen-bond donors (Lipinski definition) is 3. The van der Waals surface area contributed by atoms with Gasteiger partial charge in [-0.05, 0) is 48.4 Å². The molecule has 0 heterocycles. The summed E-state index contributed by atoms with van der Waals surface area (Å²) in [4.78, 5) is 22.9. The number of amides is 1. The molecule has 144 valence electrons. The number of sulfonamides is 1. The molecule has 0 aromatic heterocycles. The lowest BCUT2D eigenvalue weighted by Gasteiger charge is -2.17. The van der Waals surface area contributed by atoms with Crippen LogP contribution in [0.3, 0.4) is 0 Å². The van der Waals surface area contributed by atoms with Crippen molar-refractivity contribution in [1.29, 1.82) is 0 Å². The fourth-order valence-corrected chi connectivity index (χ4v) is 3.58. The zero-order valence-corrected chi connectivity index (χ0v) is 15.3. The number of nitrogens with one attached hydrogen (secondary N) is 2.